The molecule has 2 aliphatic rings. The number of para-hydroxylation sites is 1. The molecule has 0 bridgehead atoms. The van der Waals surface area contributed by atoms with Gasteiger partial charge in [-0.25, -0.2) is 9.97 Å². The van der Waals surface area contributed by atoms with Crippen molar-refractivity contribution < 1.29 is 0 Å². The summed E-state index contributed by atoms with van der Waals surface area (Å²) in [6.45, 7) is 1.53. The third kappa shape index (κ3) is 2.91. The van der Waals surface area contributed by atoms with Gasteiger partial charge < -0.3 is 9.47 Å². The van der Waals surface area contributed by atoms with Gasteiger partial charge in [-0.05, 0) is 43.7 Å². The number of aromatic nitrogens is 4. The van der Waals surface area contributed by atoms with Crippen LogP contribution in [0.4, 0.5) is 5.82 Å². The number of fused-ring (bicyclic) bond motifs is 1. The quantitative estimate of drug-likeness (QED) is 0.697. The predicted octanol–water partition coefficient (Wildman–Crippen LogP) is 2.24. The van der Waals surface area contributed by atoms with Crippen LogP contribution in [0.3, 0.4) is 0 Å². The fourth-order valence-corrected chi connectivity index (χ4v) is 4.09. The summed E-state index contributed by atoms with van der Waals surface area (Å²) >= 11 is 0. The van der Waals surface area contributed by atoms with E-state index in [1.165, 1.54) is 17.4 Å². The Balaban J connectivity index is 1.65. The second kappa shape index (κ2) is 6.58. The van der Waals surface area contributed by atoms with Crippen LogP contribution in [0, 0.1) is 5.92 Å². The number of hydrogen-bond donors (Lipinski definition) is 0. The molecule has 3 heterocycles. The summed E-state index contributed by atoms with van der Waals surface area (Å²) in [4.78, 5) is 36.9. The van der Waals surface area contributed by atoms with Crippen LogP contribution in [-0.4, -0.2) is 25.6 Å². The average molecular weight is 377 g/mol. The van der Waals surface area contributed by atoms with Crippen LogP contribution in [0.1, 0.15) is 37.5 Å². The number of aryl methyl sites for hydroxylation is 1. The van der Waals surface area contributed by atoms with Gasteiger partial charge in [0.05, 0.1) is 23.3 Å². The largest absolute Gasteiger partial charge is 0.346 e. The Labute approximate surface area is 162 Å². The van der Waals surface area contributed by atoms with Crippen LogP contribution < -0.4 is 16.0 Å². The minimum atomic E-state index is -0.0857. The maximum absolute atomic E-state index is 13.2. The fraction of sp³-hybridized carbons (Fsp3) is 0.429. The van der Waals surface area contributed by atoms with Crippen molar-refractivity contribution in [3.05, 3.63) is 63.2 Å². The van der Waals surface area contributed by atoms with E-state index < -0.39 is 0 Å². The van der Waals surface area contributed by atoms with Gasteiger partial charge in [-0.3, -0.25) is 14.2 Å². The Hall–Kier alpha value is -2.96. The summed E-state index contributed by atoms with van der Waals surface area (Å²) in [5.41, 5.74) is 0.687. The van der Waals surface area contributed by atoms with Gasteiger partial charge in [0.1, 0.15) is 11.6 Å². The molecule has 1 aliphatic heterocycles. The molecule has 1 saturated heterocycles. The molecule has 0 spiro atoms. The van der Waals surface area contributed by atoms with Crippen molar-refractivity contribution in [3.8, 4) is 0 Å². The monoisotopic (exact) mass is 377 g/mol. The molecule has 5 rings (SSSR count). The Kier molecular flexibility index (Phi) is 4.03. The molecular formula is C21H23N5O2. The molecule has 28 heavy (non-hydrogen) atoms. The highest BCUT2D eigenvalue weighted by atomic mass is 16.1. The van der Waals surface area contributed by atoms with Gasteiger partial charge in [0.15, 0.2) is 0 Å². The molecular weight excluding hydrogens is 354 g/mol. The van der Waals surface area contributed by atoms with Crippen LogP contribution in [-0.2, 0) is 13.6 Å². The minimum Gasteiger partial charge on any atom is -0.346 e. The Morgan fingerprint density at radius 3 is 2.75 bits per heavy atom. The molecule has 0 radical (unpaired) electrons. The van der Waals surface area contributed by atoms with Crippen molar-refractivity contribution >= 4 is 16.7 Å². The zero-order valence-electron chi connectivity index (χ0n) is 15.9. The van der Waals surface area contributed by atoms with Crippen LogP contribution in [0.5, 0.6) is 0 Å². The van der Waals surface area contributed by atoms with Crippen molar-refractivity contribution in [1.82, 2.24) is 19.1 Å². The molecule has 2 fully saturated rings. The predicted molar refractivity (Wildman–Crippen MR) is 108 cm³/mol. The molecule has 1 unspecified atom stereocenters. The normalized spacial score (nSPS) is 19.5. The number of anilines is 1. The van der Waals surface area contributed by atoms with E-state index >= 15 is 0 Å². The Bertz CT molecular complexity index is 1160. The summed E-state index contributed by atoms with van der Waals surface area (Å²) in [7, 11) is 1.69. The first-order chi connectivity index (χ1) is 13.6. The van der Waals surface area contributed by atoms with E-state index in [2.05, 4.69) is 9.88 Å². The lowest BCUT2D eigenvalue weighted by Gasteiger charge is -2.27. The molecule has 7 nitrogen and oxygen atoms in total. The summed E-state index contributed by atoms with van der Waals surface area (Å²) in [6, 6.07) is 9.08. The smallest absolute Gasteiger partial charge is 0.261 e. The van der Waals surface area contributed by atoms with E-state index in [4.69, 9.17) is 4.98 Å². The van der Waals surface area contributed by atoms with Crippen LogP contribution >= 0.6 is 0 Å². The lowest BCUT2D eigenvalue weighted by atomic mass is 10.1. The van der Waals surface area contributed by atoms with Gasteiger partial charge in [0.25, 0.3) is 11.1 Å². The lowest BCUT2D eigenvalue weighted by Crippen LogP contribution is -2.33. The standard InChI is InChI=1S/C21H23N5O2/c1-24-13-22-18(11-19(24)27)25-10-4-7-17(25)20-23-16-6-3-2-5-15(16)21(28)26(20)12-14-8-9-14/h2-3,5-6,11,13-14,17H,4,7-10,12H2,1H3. The van der Waals surface area contributed by atoms with E-state index in [1.807, 2.05) is 28.8 Å². The Morgan fingerprint density at radius 1 is 1.14 bits per heavy atom. The molecule has 2 aromatic heterocycles. The van der Waals surface area contributed by atoms with Gasteiger partial charge >= 0.3 is 0 Å². The number of benzene rings is 1. The number of hydrogen-bond acceptors (Lipinski definition) is 5. The van der Waals surface area contributed by atoms with Crippen molar-refractivity contribution in [2.45, 2.75) is 38.3 Å². The van der Waals surface area contributed by atoms with Crippen LogP contribution in [0.25, 0.3) is 10.9 Å². The lowest BCUT2D eigenvalue weighted by molar-refractivity contribution is 0.525. The van der Waals surface area contributed by atoms with Gasteiger partial charge in [0.2, 0.25) is 0 Å². The maximum atomic E-state index is 13.2. The van der Waals surface area contributed by atoms with E-state index in [0.29, 0.717) is 17.1 Å². The van der Waals surface area contributed by atoms with E-state index in [1.54, 1.807) is 19.4 Å². The zero-order chi connectivity index (χ0) is 19.3. The van der Waals surface area contributed by atoms with Gasteiger partial charge in [-0.2, -0.15) is 0 Å². The maximum Gasteiger partial charge on any atom is 0.261 e. The van der Waals surface area contributed by atoms with Gasteiger partial charge in [0, 0.05) is 26.2 Å². The molecule has 1 aliphatic carbocycles. The third-order valence-electron chi connectivity index (χ3n) is 5.84. The highest BCUT2D eigenvalue weighted by molar-refractivity contribution is 5.77. The van der Waals surface area contributed by atoms with E-state index in [-0.39, 0.29) is 17.2 Å². The second-order valence-electron chi connectivity index (χ2n) is 7.89. The summed E-state index contributed by atoms with van der Waals surface area (Å²) in [5, 5.41) is 0.670. The number of rotatable bonds is 4. The van der Waals surface area contributed by atoms with Crippen LogP contribution in [0.15, 0.2) is 46.2 Å². The van der Waals surface area contributed by atoms with E-state index in [9.17, 15) is 9.59 Å². The first kappa shape index (κ1) is 17.2. The molecule has 0 N–H and O–H groups in total. The highest BCUT2D eigenvalue weighted by Crippen LogP contribution is 2.36. The molecule has 144 valence electrons. The van der Waals surface area contributed by atoms with Crippen molar-refractivity contribution in [3.63, 3.8) is 0 Å². The molecule has 0 amide bonds. The SMILES string of the molecule is Cn1cnc(N2CCCC2c2nc3ccccc3c(=O)n2CC2CC2)cc1=O. The molecule has 3 aromatic rings. The van der Waals surface area contributed by atoms with Crippen molar-refractivity contribution in [2.75, 3.05) is 11.4 Å². The average Bonchev–Trinajstić information content (AvgIpc) is 3.39. The highest BCUT2D eigenvalue weighted by Gasteiger charge is 2.33. The number of nitrogens with zero attached hydrogens (tertiary/aromatic N) is 5. The molecule has 1 atom stereocenters. The Morgan fingerprint density at radius 2 is 1.96 bits per heavy atom. The molecule has 1 saturated carbocycles. The van der Waals surface area contributed by atoms with Crippen molar-refractivity contribution in [1.29, 1.82) is 0 Å². The molecule has 7 heteroatoms. The van der Waals surface area contributed by atoms with Gasteiger partial charge in [-0.15, -0.1) is 0 Å². The first-order valence-electron chi connectivity index (χ1n) is 9.90. The van der Waals surface area contributed by atoms with Crippen LogP contribution in [0.2, 0.25) is 0 Å². The minimum absolute atomic E-state index is 0.0382. The van der Waals surface area contributed by atoms with Crippen molar-refractivity contribution in [2.24, 2.45) is 13.0 Å². The summed E-state index contributed by atoms with van der Waals surface area (Å²) in [5.74, 6) is 2.03. The molecule has 1 aromatic carbocycles. The first-order valence-corrected chi connectivity index (χ1v) is 9.90. The summed E-state index contributed by atoms with van der Waals surface area (Å²) < 4.78 is 3.34. The third-order valence-corrected chi connectivity index (χ3v) is 5.84. The van der Waals surface area contributed by atoms with Gasteiger partial charge in [-0.1, -0.05) is 12.1 Å². The zero-order valence-corrected chi connectivity index (χ0v) is 15.9. The fourth-order valence-electron chi connectivity index (χ4n) is 4.09. The summed E-state index contributed by atoms with van der Waals surface area (Å²) in [6.07, 6.45) is 5.77. The van der Waals surface area contributed by atoms with E-state index in [0.717, 1.165) is 37.3 Å². The second-order valence-corrected chi connectivity index (χ2v) is 7.89. The topological polar surface area (TPSA) is 73.0 Å².